The van der Waals surface area contributed by atoms with Gasteiger partial charge in [-0.25, -0.2) is 12.8 Å². The topological polar surface area (TPSA) is 89.7 Å². The van der Waals surface area contributed by atoms with E-state index < -0.39 is 27.2 Å². The summed E-state index contributed by atoms with van der Waals surface area (Å²) in [6.07, 6.45) is 1.01. The monoisotopic (exact) mass is 440 g/mol. The first-order chi connectivity index (χ1) is 13.7. The second kappa shape index (κ2) is 8.69. The summed E-state index contributed by atoms with van der Waals surface area (Å²) >= 11 is 5.97. The van der Waals surface area contributed by atoms with Crippen LogP contribution < -0.4 is 10.5 Å². The molecule has 2 N–H and O–H groups in total. The van der Waals surface area contributed by atoms with Gasteiger partial charge in [0.05, 0.1) is 6.61 Å². The molecule has 1 heterocycles. The lowest BCUT2D eigenvalue weighted by Crippen LogP contribution is -2.50. The van der Waals surface area contributed by atoms with Gasteiger partial charge in [-0.15, -0.1) is 0 Å². The minimum absolute atomic E-state index is 0.00712. The van der Waals surface area contributed by atoms with Crippen LogP contribution in [0.4, 0.5) is 4.39 Å². The highest BCUT2D eigenvalue weighted by Gasteiger charge is 2.42. The molecule has 9 heteroatoms. The number of hydrogen-bond acceptors (Lipinski definition) is 4. The van der Waals surface area contributed by atoms with E-state index in [2.05, 4.69) is 0 Å². The molecular weight excluding hydrogens is 419 g/mol. The summed E-state index contributed by atoms with van der Waals surface area (Å²) in [5.41, 5.74) is 4.63. The first-order valence-corrected chi connectivity index (χ1v) is 11.0. The third-order valence-electron chi connectivity index (χ3n) is 4.97. The lowest BCUT2D eigenvalue weighted by atomic mass is 9.78. The minimum atomic E-state index is -4.06. The molecule has 6 nitrogen and oxygen atoms in total. The van der Waals surface area contributed by atoms with Gasteiger partial charge in [0.1, 0.15) is 16.5 Å². The molecule has 2 aromatic carbocycles. The van der Waals surface area contributed by atoms with Gasteiger partial charge in [0.15, 0.2) is 0 Å². The Balaban J connectivity index is 1.85. The normalized spacial score (nSPS) is 20.3. The number of nitrogens with two attached hydrogens (primary N) is 1. The van der Waals surface area contributed by atoms with E-state index in [9.17, 15) is 17.6 Å². The van der Waals surface area contributed by atoms with Gasteiger partial charge < -0.3 is 10.5 Å². The number of benzene rings is 2. The van der Waals surface area contributed by atoms with Gasteiger partial charge in [0, 0.05) is 29.9 Å². The van der Waals surface area contributed by atoms with Crippen LogP contribution in [0.5, 0.6) is 5.75 Å². The average molecular weight is 441 g/mol. The van der Waals surface area contributed by atoms with Crippen molar-refractivity contribution in [3.8, 4) is 5.75 Å². The van der Waals surface area contributed by atoms with Gasteiger partial charge in [-0.1, -0.05) is 29.8 Å². The van der Waals surface area contributed by atoms with E-state index in [0.29, 0.717) is 23.6 Å². The fourth-order valence-electron chi connectivity index (χ4n) is 3.64. The number of carbonyl (C=O) groups is 1. The summed E-state index contributed by atoms with van der Waals surface area (Å²) < 4.78 is 47.2. The third-order valence-corrected chi connectivity index (χ3v) is 7.08. The molecule has 156 valence electrons. The first-order valence-electron chi connectivity index (χ1n) is 9.13. The van der Waals surface area contributed by atoms with E-state index in [0.717, 1.165) is 6.07 Å². The Kier molecular flexibility index (Phi) is 6.45. The van der Waals surface area contributed by atoms with Crippen LogP contribution in [0.1, 0.15) is 19.3 Å². The second-order valence-electron chi connectivity index (χ2n) is 7.26. The molecule has 1 amide bonds. The SMILES string of the molecule is NC(=O)C[C@]1(COc2cccc(Cl)c2)CCCN(S(=O)(=O)c2ccccc2F)C1. The van der Waals surface area contributed by atoms with E-state index >= 15 is 0 Å². The van der Waals surface area contributed by atoms with Gasteiger partial charge >= 0.3 is 0 Å². The number of primary amides is 1. The van der Waals surface area contributed by atoms with E-state index in [-0.39, 0.29) is 31.0 Å². The largest absolute Gasteiger partial charge is 0.493 e. The van der Waals surface area contributed by atoms with Crippen LogP contribution in [0.15, 0.2) is 53.4 Å². The summed E-state index contributed by atoms with van der Waals surface area (Å²) in [7, 11) is -4.06. The van der Waals surface area contributed by atoms with Crippen LogP contribution in [0, 0.1) is 11.2 Å². The second-order valence-corrected chi connectivity index (χ2v) is 9.60. The summed E-state index contributed by atoms with van der Waals surface area (Å²) in [6.45, 7) is 0.321. The summed E-state index contributed by atoms with van der Waals surface area (Å²) in [6, 6.07) is 12.0. The number of halogens is 2. The number of nitrogens with zero attached hydrogens (tertiary/aromatic N) is 1. The van der Waals surface area contributed by atoms with Gasteiger partial charge in [-0.2, -0.15) is 4.31 Å². The molecule has 1 aliphatic rings. The lowest BCUT2D eigenvalue weighted by Gasteiger charge is -2.41. The van der Waals surface area contributed by atoms with Crippen molar-refractivity contribution in [3.05, 3.63) is 59.4 Å². The number of piperidine rings is 1. The summed E-state index contributed by atoms with van der Waals surface area (Å²) in [5, 5.41) is 0.499. The Morgan fingerprint density at radius 1 is 1.24 bits per heavy atom. The molecule has 1 aliphatic heterocycles. The molecule has 0 radical (unpaired) electrons. The van der Waals surface area contributed by atoms with Crippen molar-refractivity contribution in [2.45, 2.75) is 24.2 Å². The van der Waals surface area contributed by atoms with E-state index in [4.69, 9.17) is 22.1 Å². The lowest BCUT2D eigenvalue weighted by molar-refractivity contribution is -0.121. The number of amides is 1. The molecule has 3 rings (SSSR count). The quantitative estimate of drug-likeness (QED) is 0.715. The zero-order chi connectivity index (χ0) is 21.1. The van der Waals surface area contributed by atoms with Crippen molar-refractivity contribution < 1.29 is 22.3 Å². The van der Waals surface area contributed by atoms with E-state index in [1.807, 2.05) is 0 Å². The fraction of sp³-hybridized carbons (Fsp3) is 0.350. The summed E-state index contributed by atoms with van der Waals surface area (Å²) in [4.78, 5) is 11.4. The molecule has 0 spiro atoms. The molecule has 0 bridgehead atoms. The Morgan fingerprint density at radius 2 is 2.00 bits per heavy atom. The van der Waals surface area contributed by atoms with Gasteiger partial charge in [0.2, 0.25) is 15.9 Å². The summed E-state index contributed by atoms with van der Waals surface area (Å²) in [5.74, 6) is -0.853. The smallest absolute Gasteiger partial charge is 0.246 e. The maximum absolute atomic E-state index is 14.1. The number of ether oxygens (including phenoxy) is 1. The predicted octanol–water partition coefficient (Wildman–Crippen LogP) is 3.20. The molecule has 0 saturated carbocycles. The Hall–Kier alpha value is -2.16. The average Bonchev–Trinajstić information content (AvgIpc) is 2.66. The number of carbonyl (C=O) groups excluding carboxylic acids is 1. The van der Waals surface area contributed by atoms with Crippen molar-refractivity contribution in [2.75, 3.05) is 19.7 Å². The number of sulfonamides is 1. The standard InChI is InChI=1S/C20H22ClFN2O4S/c21-15-5-3-6-16(11-15)28-14-20(12-19(23)25)9-4-10-24(13-20)29(26,27)18-8-2-1-7-17(18)22/h1-3,5-8,11H,4,9-10,12-14H2,(H2,23,25)/t20-/m1/s1. The first kappa shape index (κ1) is 21.5. The van der Waals surface area contributed by atoms with Gasteiger partial charge in [0.25, 0.3) is 0 Å². The molecule has 1 saturated heterocycles. The highest BCUT2D eigenvalue weighted by atomic mass is 35.5. The van der Waals surface area contributed by atoms with Gasteiger partial charge in [-0.05, 0) is 43.2 Å². The van der Waals surface area contributed by atoms with Crippen LogP contribution in [0.3, 0.4) is 0 Å². The van der Waals surface area contributed by atoms with Crippen LogP contribution in [-0.4, -0.2) is 38.3 Å². The Labute approximate surface area is 174 Å². The maximum atomic E-state index is 14.1. The fourth-order valence-corrected chi connectivity index (χ4v) is 5.47. The highest BCUT2D eigenvalue weighted by molar-refractivity contribution is 7.89. The molecule has 0 unspecified atom stereocenters. The predicted molar refractivity (Wildman–Crippen MR) is 108 cm³/mol. The van der Waals surface area contributed by atoms with Gasteiger partial charge in [-0.3, -0.25) is 4.79 Å². The molecule has 29 heavy (non-hydrogen) atoms. The molecule has 0 aliphatic carbocycles. The van der Waals surface area contributed by atoms with E-state index in [1.165, 1.54) is 22.5 Å². The van der Waals surface area contributed by atoms with E-state index in [1.54, 1.807) is 24.3 Å². The van der Waals surface area contributed by atoms with Crippen LogP contribution >= 0.6 is 11.6 Å². The molecule has 1 atom stereocenters. The van der Waals surface area contributed by atoms with Crippen LogP contribution in [0.25, 0.3) is 0 Å². The van der Waals surface area contributed by atoms with Crippen molar-refractivity contribution in [3.63, 3.8) is 0 Å². The van der Waals surface area contributed by atoms with Crippen molar-refractivity contribution in [1.82, 2.24) is 4.31 Å². The number of rotatable bonds is 7. The zero-order valence-electron chi connectivity index (χ0n) is 15.7. The highest BCUT2D eigenvalue weighted by Crippen LogP contribution is 2.37. The minimum Gasteiger partial charge on any atom is -0.493 e. The molecule has 1 fully saturated rings. The Bertz CT molecular complexity index is 1000. The third kappa shape index (κ3) is 5.07. The van der Waals surface area contributed by atoms with Crippen LogP contribution in [-0.2, 0) is 14.8 Å². The molecule has 0 aromatic heterocycles. The molecule has 2 aromatic rings. The van der Waals surface area contributed by atoms with Crippen molar-refractivity contribution in [1.29, 1.82) is 0 Å². The number of hydrogen-bond donors (Lipinski definition) is 1. The van der Waals surface area contributed by atoms with Crippen LogP contribution in [0.2, 0.25) is 5.02 Å². The molecular formula is C20H22ClFN2O4S. The van der Waals surface area contributed by atoms with Crippen molar-refractivity contribution in [2.24, 2.45) is 11.1 Å². The van der Waals surface area contributed by atoms with Crippen molar-refractivity contribution >= 4 is 27.5 Å². The Morgan fingerprint density at radius 3 is 2.69 bits per heavy atom. The maximum Gasteiger partial charge on any atom is 0.246 e. The zero-order valence-corrected chi connectivity index (χ0v) is 17.3.